The highest BCUT2D eigenvalue weighted by Crippen LogP contribution is 2.23. The first-order valence-corrected chi connectivity index (χ1v) is 10.9. The van der Waals surface area contributed by atoms with Crippen LogP contribution in [0.2, 0.25) is 5.02 Å². The molecule has 29 heavy (non-hydrogen) atoms. The van der Waals surface area contributed by atoms with Crippen molar-refractivity contribution >= 4 is 21.6 Å². The van der Waals surface area contributed by atoms with Gasteiger partial charge in [-0.25, -0.2) is 12.8 Å². The van der Waals surface area contributed by atoms with E-state index in [9.17, 15) is 12.8 Å². The quantitative estimate of drug-likeness (QED) is 0.574. The van der Waals surface area contributed by atoms with E-state index in [4.69, 9.17) is 11.6 Å². The summed E-state index contributed by atoms with van der Waals surface area (Å²) in [5, 5.41) is 5.21. The molecular formula is C21H23ClFN3O2S. The van der Waals surface area contributed by atoms with Crippen LogP contribution in [-0.2, 0) is 23.1 Å². The molecule has 1 heterocycles. The van der Waals surface area contributed by atoms with Crippen molar-refractivity contribution in [2.24, 2.45) is 0 Å². The fourth-order valence-electron chi connectivity index (χ4n) is 3.13. The van der Waals surface area contributed by atoms with Crippen LogP contribution in [0.25, 0.3) is 0 Å². The van der Waals surface area contributed by atoms with Crippen LogP contribution in [0, 0.1) is 26.6 Å². The van der Waals surface area contributed by atoms with Gasteiger partial charge in [0.2, 0.25) is 10.0 Å². The molecule has 0 bridgehead atoms. The Labute approximate surface area is 175 Å². The highest BCUT2D eigenvalue weighted by molar-refractivity contribution is 7.89. The summed E-state index contributed by atoms with van der Waals surface area (Å²) in [6, 6.07) is 11.5. The molecular weight excluding hydrogens is 413 g/mol. The normalized spacial score (nSPS) is 12.0. The summed E-state index contributed by atoms with van der Waals surface area (Å²) in [5.41, 5.74) is 3.75. The van der Waals surface area contributed by atoms with Gasteiger partial charge in [-0.05, 0) is 50.1 Å². The van der Waals surface area contributed by atoms with Gasteiger partial charge in [-0.3, -0.25) is 4.68 Å². The average molecular weight is 436 g/mol. The first-order valence-electron chi connectivity index (χ1n) is 9.10. The zero-order valence-corrected chi connectivity index (χ0v) is 18.4. The number of halogens is 2. The highest BCUT2D eigenvalue weighted by Gasteiger charge is 2.24. The van der Waals surface area contributed by atoms with Gasteiger partial charge in [0.05, 0.1) is 17.1 Å². The van der Waals surface area contributed by atoms with Gasteiger partial charge in [-0.1, -0.05) is 35.9 Å². The number of benzene rings is 2. The smallest absolute Gasteiger partial charge is 0.243 e. The lowest BCUT2D eigenvalue weighted by molar-refractivity contribution is 0.464. The molecule has 0 aliphatic carbocycles. The van der Waals surface area contributed by atoms with Gasteiger partial charge in [-0.2, -0.15) is 9.40 Å². The molecule has 0 unspecified atom stereocenters. The Morgan fingerprint density at radius 2 is 1.83 bits per heavy atom. The largest absolute Gasteiger partial charge is 0.265 e. The molecule has 0 saturated heterocycles. The zero-order chi connectivity index (χ0) is 21.3. The predicted octanol–water partition coefficient (Wildman–Crippen LogP) is 4.47. The van der Waals surface area contributed by atoms with E-state index in [1.54, 1.807) is 6.92 Å². The summed E-state index contributed by atoms with van der Waals surface area (Å²) in [5.74, 6) is -0.542. The van der Waals surface area contributed by atoms with Crippen molar-refractivity contribution in [1.29, 1.82) is 0 Å². The van der Waals surface area contributed by atoms with Gasteiger partial charge in [0.25, 0.3) is 0 Å². The van der Waals surface area contributed by atoms with Gasteiger partial charge in [0, 0.05) is 29.9 Å². The van der Waals surface area contributed by atoms with Crippen LogP contribution in [-0.4, -0.2) is 29.6 Å². The molecule has 0 radical (unpaired) electrons. The Hall–Kier alpha value is -2.22. The van der Waals surface area contributed by atoms with E-state index in [2.05, 4.69) is 5.10 Å². The summed E-state index contributed by atoms with van der Waals surface area (Å²) < 4.78 is 42.7. The molecule has 0 aliphatic rings. The molecule has 8 heteroatoms. The maximum atomic E-state index is 13.9. The molecule has 0 N–H and O–H groups in total. The summed E-state index contributed by atoms with van der Waals surface area (Å²) >= 11 is 6.25. The molecule has 0 saturated carbocycles. The van der Waals surface area contributed by atoms with Gasteiger partial charge in [0.1, 0.15) is 5.82 Å². The average Bonchev–Trinajstić information content (AvgIpc) is 2.93. The van der Waals surface area contributed by atoms with Gasteiger partial charge in [0.15, 0.2) is 0 Å². The first-order chi connectivity index (χ1) is 13.6. The number of aryl methyl sites for hydroxylation is 2. The predicted molar refractivity (Wildman–Crippen MR) is 112 cm³/mol. The maximum absolute atomic E-state index is 13.9. The summed E-state index contributed by atoms with van der Waals surface area (Å²) in [4.78, 5) is -0.0677. The number of hydrogen-bond acceptors (Lipinski definition) is 3. The number of rotatable bonds is 6. The molecule has 154 valence electrons. The maximum Gasteiger partial charge on any atom is 0.243 e. The number of nitrogens with zero attached hydrogens (tertiary/aromatic N) is 3. The topological polar surface area (TPSA) is 55.2 Å². The lowest BCUT2D eigenvalue weighted by Crippen LogP contribution is -2.27. The Morgan fingerprint density at radius 1 is 1.14 bits per heavy atom. The third kappa shape index (κ3) is 4.37. The molecule has 0 atom stereocenters. The van der Waals surface area contributed by atoms with Crippen LogP contribution in [0.4, 0.5) is 4.39 Å². The van der Waals surface area contributed by atoms with E-state index in [0.29, 0.717) is 17.1 Å². The van der Waals surface area contributed by atoms with Crippen molar-refractivity contribution in [2.75, 3.05) is 7.05 Å². The van der Waals surface area contributed by atoms with Crippen LogP contribution >= 0.6 is 11.6 Å². The fraction of sp³-hybridized carbons (Fsp3) is 0.286. The summed E-state index contributed by atoms with van der Waals surface area (Å²) in [7, 11) is -2.35. The molecule has 3 aromatic rings. The SMILES string of the molecule is Cc1ccc(S(=O)(=O)N(C)Cc2c(C)nn(Cc3ccccc3Cl)c2C)cc1F. The van der Waals surface area contributed by atoms with E-state index >= 15 is 0 Å². The van der Waals surface area contributed by atoms with Crippen molar-refractivity contribution in [2.45, 2.75) is 38.8 Å². The molecule has 5 nitrogen and oxygen atoms in total. The molecule has 0 amide bonds. The first kappa shape index (κ1) is 21.5. The van der Waals surface area contributed by atoms with Crippen LogP contribution in [0.1, 0.15) is 28.1 Å². The second-order valence-corrected chi connectivity index (χ2v) is 9.52. The summed E-state index contributed by atoms with van der Waals surface area (Å²) in [6.45, 7) is 5.97. The minimum absolute atomic E-state index is 0.0677. The Bertz CT molecular complexity index is 1160. The van der Waals surface area contributed by atoms with Crippen molar-refractivity contribution < 1.29 is 12.8 Å². The van der Waals surface area contributed by atoms with Crippen molar-refractivity contribution in [3.63, 3.8) is 0 Å². The van der Waals surface area contributed by atoms with Crippen LogP contribution in [0.5, 0.6) is 0 Å². The lowest BCUT2D eigenvalue weighted by Gasteiger charge is -2.18. The number of hydrogen-bond donors (Lipinski definition) is 0. The Kier molecular flexibility index (Phi) is 6.12. The minimum atomic E-state index is -3.83. The number of sulfonamides is 1. The van der Waals surface area contributed by atoms with Gasteiger partial charge < -0.3 is 0 Å². The molecule has 0 spiro atoms. The second-order valence-electron chi connectivity index (χ2n) is 7.07. The fourth-order valence-corrected chi connectivity index (χ4v) is 4.47. The number of aromatic nitrogens is 2. The van der Waals surface area contributed by atoms with E-state index in [-0.39, 0.29) is 11.4 Å². The third-order valence-electron chi connectivity index (χ3n) is 5.04. The molecule has 3 rings (SSSR count). The van der Waals surface area contributed by atoms with Crippen molar-refractivity contribution in [3.8, 4) is 0 Å². The Balaban J connectivity index is 1.87. The van der Waals surface area contributed by atoms with Gasteiger partial charge in [-0.15, -0.1) is 0 Å². The zero-order valence-electron chi connectivity index (χ0n) is 16.8. The van der Waals surface area contributed by atoms with E-state index in [0.717, 1.165) is 28.6 Å². The summed E-state index contributed by atoms with van der Waals surface area (Å²) in [6.07, 6.45) is 0. The van der Waals surface area contributed by atoms with Crippen LogP contribution in [0.15, 0.2) is 47.4 Å². The third-order valence-corrected chi connectivity index (χ3v) is 7.21. The van der Waals surface area contributed by atoms with E-state index in [1.807, 2.05) is 42.8 Å². The van der Waals surface area contributed by atoms with Crippen molar-refractivity contribution in [3.05, 3.63) is 81.4 Å². The molecule has 2 aromatic carbocycles. The lowest BCUT2D eigenvalue weighted by atomic mass is 10.2. The highest BCUT2D eigenvalue weighted by atomic mass is 35.5. The minimum Gasteiger partial charge on any atom is -0.265 e. The molecule has 1 aromatic heterocycles. The Morgan fingerprint density at radius 3 is 2.48 bits per heavy atom. The van der Waals surface area contributed by atoms with Crippen LogP contribution < -0.4 is 0 Å². The monoisotopic (exact) mass is 435 g/mol. The molecule has 0 aliphatic heterocycles. The van der Waals surface area contributed by atoms with E-state index < -0.39 is 15.8 Å². The van der Waals surface area contributed by atoms with Crippen molar-refractivity contribution in [1.82, 2.24) is 14.1 Å². The van der Waals surface area contributed by atoms with Gasteiger partial charge >= 0.3 is 0 Å². The standard InChI is InChI=1S/C21H23ClFN3O2S/c1-14-9-10-18(11-21(14)23)29(27,28)25(4)13-19-15(2)24-26(16(19)3)12-17-7-5-6-8-20(17)22/h5-11H,12-13H2,1-4H3. The second kappa shape index (κ2) is 8.26. The van der Waals surface area contributed by atoms with Crippen LogP contribution in [0.3, 0.4) is 0 Å². The molecule has 0 fully saturated rings. The van der Waals surface area contributed by atoms with E-state index in [1.165, 1.54) is 23.5 Å².